The Bertz CT molecular complexity index is 515. The van der Waals surface area contributed by atoms with Crippen LogP contribution in [0, 0.1) is 3.57 Å². The van der Waals surface area contributed by atoms with Gasteiger partial charge in [-0.1, -0.05) is 0 Å². The summed E-state index contributed by atoms with van der Waals surface area (Å²) in [5, 5.41) is 0. The van der Waals surface area contributed by atoms with Crippen molar-refractivity contribution in [3.63, 3.8) is 0 Å². The molecule has 0 bridgehead atoms. The number of nitrogens with zero attached hydrogens (tertiary/aromatic N) is 2. The number of carbonyl (C=O) groups excluding carboxylic acids is 1. The summed E-state index contributed by atoms with van der Waals surface area (Å²) in [5.74, 6) is 1.41. The van der Waals surface area contributed by atoms with Crippen LogP contribution < -0.4 is 9.47 Å². The van der Waals surface area contributed by atoms with Crippen molar-refractivity contribution in [3.05, 3.63) is 21.8 Å². The highest BCUT2D eigenvalue weighted by atomic mass is 127. The first-order valence-corrected chi connectivity index (χ1v) is 7.78. The quantitative estimate of drug-likeness (QED) is 0.679. The van der Waals surface area contributed by atoms with Gasteiger partial charge in [0.15, 0.2) is 11.5 Å². The average Bonchev–Trinajstić information content (AvgIpc) is 2.47. The molecule has 0 aliphatic carbocycles. The van der Waals surface area contributed by atoms with Gasteiger partial charge >= 0.3 is 0 Å². The topological polar surface area (TPSA) is 42.0 Å². The van der Waals surface area contributed by atoms with Crippen LogP contribution >= 0.6 is 22.6 Å². The molecule has 0 saturated carbocycles. The van der Waals surface area contributed by atoms with Crippen LogP contribution in [-0.2, 0) is 4.79 Å². The van der Waals surface area contributed by atoms with E-state index in [1.54, 1.807) is 0 Å². The molecule has 1 fully saturated rings. The molecule has 108 valence electrons. The van der Waals surface area contributed by atoms with Gasteiger partial charge in [0.2, 0.25) is 6.10 Å². The first kappa shape index (κ1) is 13.9. The average molecular weight is 388 g/mol. The summed E-state index contributed by atoms with van der Waals surface area (Å²) in [6.07, 6.45) is -0.522. The maximum Gasteiger partial charge on any atom is 0.267 e. The summed E-state index contributed by atoms with van der Waals surface area (Å²) in [4.78, 5) is 16.5. The molecule has 2 heterocycles. The molecule has 1 aromatic carbocycles. The fraction of sp³-hybridized carbons (Fsp3) is 0.500. The highest BCUT2D eigenvalue weighted by molar-refractivity contribution is 14.1. The number of likely N-dealkylation sites (N-methyl/N-ethyl adjacent to an activating group) is 1. The van der Waals surface area contributed by atoms with Crippen LogP contribution in [-0.4, -0.2) is 61.6 Å². The van der Waals surface area contributed by atoms with E-state index in [0.717, 1.165) is 35.5 Å². The van der Waals surface area contributed by atoms with Gasteiger partial charge in [-0.05, 0) is 47.8 Å². The molecule has 5 nitrogen and oxygen atoms in total. The zero-order chi connectivity index (χ0) is 14.1. The molecule has 0 N–H and O–H groups in total. The van der Waals surface area contributed by atoms with Crippen LogP contribution in [0.1, 0.15) is 0 Å². The van der Waals surface area contributed by atoms with E-state index in [4.69, 9.17) is 9.47 Å². The van der Waals surface area contributed by atoms with Gasteiger partial charge in [0, 0.05) is 29.7 Å². The summed E-state index contributed by atoms with van der Waals surface area (Å²) in [6.45, 7) is 3.63. The van der Waals surface area contributed by atoms with Crippen molar-refractivity contribution in [2.45, 2.75) is 6.10 Å². The van der Waals surface area contributed by atoms with E-state index in [1.165, 1.54) is 0 Å². The number of hydrogen-bond donors (Lipinski definition) is 0. The number of amides is 1. The summed E-state index contributed by atoms with van der Waals surface area (Å²) in [6, 6.07) is 5.73. The Labute approximate surface area is 132 Å². The summed E-state index contributed by atoms with van der Waals surface area (Å²) < 4.78 is 12.5. The predicted octanol–water partition coefficient (Wildman–Crippen LogP) is 1.20. The third-order valence-corrected chi connectivity index (χ3v) is 4.33. The number of benzene rings is 1. The standard InChI is InChI=1S/C14H17IN2O3/c1-16-4-6-17(7-5-16)14(18)13-9-19-12-8-10(15)2-3-11(12)20-13/h2-3,8,13H,4-7,9H2,1H3. The lowest BCUT2D eigenvalue weighted by atomic mass is 10.2. The molecule has 1 unspecified atom stereocenters. The molecule has 20 heavy (non-hydrogen) atoms. The lowest BCUT2D eigenvalue weighted by Gasteiger charge is -2.35. The summed E-state index contributed by atoms with van der Waals surface area (Å²) in [7, 11) is 2.07. The van der Waals surface area contributed by atoms with Gasteiger partial charge < -0.3 is 19.3 Å². The molecule has 1 atom stereocenters. The zero-order valence-corrected chi connectivity index (χ0v) is 13.5. The zero-order valence-electron chi connectivity index (χ0n) is 11.3. The van der Waals surface area contributed by atoms with Crippen molar-refractivity contribution in [3.8, 4) is 11.5 Å². The van der Waals surface area contributed by atoms with Crippen molar-refractivity contribution in [2.75, 3.05) is 39.8 Å². The summed E-state index contributed by atoms with van der Waals surface area (Å²) >= 11 is 2.23. The van der Waals surface area contributed by atoms with Gasteiger partial charge in [-0.25, -0.2) is 0 Å². The molecular weight excluding hydrogens is 371 g/mol. The second kappa shape index (κ2) is 5.77. The number of rotatable bonds is 1. The largest absolute Gasteiger partial charge is 0.485 e. The molecule has 3 rings (SSSR count). The number of piperazine rings is 1. The van der Waals surface area contributed by atoms with Crippen molar-refractivity contribution < 1.29 is 14.3 Å². The molecule has 6 heteroatoms. The lowest BCUT2D eigenvalue weighted by molar-refractivity contribution is -0.142. The Hall–Kier alpha value is -1.02. The molecule has 0 aromatic heterocycles. The van der Waals surface area contributed by atoms with Gasteiger partial charge in [0.1, 0.15) is 6.61 Å². The number of halogens is 1. The van der Waals surface area contributed by atoms with Gasteiger partial charge in [-0.3, -0.25) is 4.79 Å². The van der Waals surface area contributed by atoms with E-state index in [2.05, 4.69) is 34.5 Å². The summed E-state index contributed by atoms with van der Waals surface area (Å²) in [5.41, 5.74) is 0. The van der Waals surface area contributed by atoms with Crippen LogP contribution in [0.15, 0.2) is 18.2 Å². The minimum absolute atomic E-state index is 0.0299. The SMILES string of the molecule is CN1CCN(C(=O)C2COc3cc(I)ccc3O2)CC1. The molecular formula is C14H17IN2O3. The monoisotopic (exact) mass is 388 g/mol. The maximum absolute atomic E-state index is 12.4. The van der Waals surface area contributed by atoms with Crippen molar-refractivity contribution in [2.24, 2.45) is 0 Å². The third kappa shape index (κ3) is 2.85. The van der Waals surface area contributed by atoms with Crippen molar-refractivity contribution in [1.82, 2.24) is 9.80 Å². The molecule has 2 aliphatic rings. The molecule has 0 radical (unpaired) electrons. The Balaban J connectivity index is 1.67. The smallest absolute Gasteiger partial charge is 0.267 e. The normalized spacial score (nSPS) is 22.7. The number of hydrogen-bond acceptors (Lipinski definition) is 4. The highest BCUT2D eigenvalue weighted by Gasteiger charge is 2.32. The van der Waals surface area contributed by atoms with Crippen molar-refractivity contribution in [1.29, 1.82) is 0 Å². The molecule has 2 aliphatic heterocycles. The van der Waals surface area contributed by atoms with E-state index >= 15 is 0 Å². The van der Waals surface area contributed by atoms with Gasteiger partial charge in [-0.2, -0.15) is 0 Å². The minimum Gasteiger partial charge on any atom is -0.485 e. The number of ether oxygens (including phenoxy) is 2. The maximum atomic E-state index is 12.4. The van der Waals surface area contributed by atoms with Crippen molar-refractivity contribution >= 4 is 28.5 Å². The van der Waals surface area contributed by atoms with Crippen LogP contribution in [0.25, 0.3) is 0 Å². The van der Waals surface area contributed by atoms with Gasteiger partial charge in [0.25, 0.3) is 5.91 Å². The molecule has 1 saturated heterocycles. The third-order valence-electron chi connectivity index (χ3n) is 3.66. The lowest BCUT2D eigenvalue weighted by Crippen LogP contribution is -2.53. The van der Waals surface area contributed by atoms with Crippen LogP contribution in [0.2, 0.25) is 0 Å². The molecule has 1 amide bonds. The Morgan fingerprint density at radius 2 is 2.00 bits per heavy atom. The van der Waals surface area contributed by atoms with E-state index in [1.807, 2.05) is 23.1 Å². The Morgan fingerprint density at radius 3 is 2.75 bits per heavy atom. The van der Waals surface area contributed by atoms with Gasteiger partial charge in [0.05, 0.1) is 0 Å². The Kier molecular flexibility index (Phi) is 4.02. The number of fused-ring (bicyclic) bond motifs is 1. The van der Waals surface area contributed by atoms with Crippen LogP contribution in [0.3, 0.4) is 0 Å². The highest BCUT2D eigenvalue weighted by Crippen LogP contribution is 2.33. The first-order chi connectivity index (χ1) is 9.63. The fourth-order valence-corrected chi connectivity index (χ4v) is 2.86. The van der Waals surface area contributed by atoms with E-state index in [9.17, 15) is 4.79 Å². The van der Waals surface area contributed by atoms with Crippen LogP contribution in [0.4, 0.5) is 0 Å². The first-order valence-electron chi connectivity index (χ1n) is 6.70. The molecule has 0 spiro atoms. The van der Waals surface area contributed by atoms with E-state index in [-0.39, 0.29) is 12.5 Å². The van der Waals surface area contributed by atoms with Crippen LogP contribution in [0.5, 0.6) is 11.5 Å². The fourth-order valence-electron chi connectivity index (χ4n) is 2.40. The van der Waals surface area contributed by atoms with Gasteiger partial charge in [-0.15, -0.1) is 0 Å². The second-order valence-electron chi connectivity index (χ2n) is 5.14. The van der Waals surface area contributed by atoms with E-state index in [0.29, 0.717) is 5.75 Å². The Morgan fingerprint density at radius 1 is 1.25 bits per heavy atom. The second-order valence-corrected chi connectivity index (χ2v) is 6.38. The predicted molar refractivity (Wildman–Crippen MR) is 83.1 cm³/mol. The molecule has 1 aromatic rings. The number of carbonyl (C=O) groups is 1. The van der Waals surface area contributed by atoms with E-state index < -0.39 is 6.10 Å². The minimum atomic E-state index is -0.522.